The summed E-state index contributed by atoms with van der Waals surface area (Å²) in [5.74, 6) is 1.74. The fourth-order valence-electron chi connectivity index (χ4n) is 6.11. The van der Waals surface area contributed by atoms with Gasteiger partial charge in [-0.05, 0) is 71.2 Å². The predicted octanol–water partition coefficient (Wildman–Crippen LogP) is 5.14. The quantitative estimate of drug-likeness (QED) is 0.389. The van der Waals surface area contributed by atoms with Gasteiger partial charge in [-0.3, -0.25) is 9.78 Å². The van der Waals surface area contributed by atoms with Gasteiger partial charge in [-0.1, -0.05) is 24.2 Å². The second-order valence-corrected chi connectivity index (χ2v) is 13.5. The molecule has 1 aromatic carbocycles. The number of ether oxygens (including phenoxy) is 2. The Kier molecular flexibility index (Phi) is 8.45. The molecule has 0 bridgehead atoms. The number of carbonyl (C=O) groups is 2. The second kappa shape index (κ2) is 11.8. The van der Waals surface area contributed by atoms with E-state index in [1.165, 1.54) is 0 Å². The van der Waals surface area contributed by atoms with Crippen molar-refractivity contribution < 1.29 is 28.7 Å². The number of aromatic nitrogens is 3. The van der Waals surface area contributed by atoms with Crippen molar-refractivity contribution in [1.29, 1.82) is 0 Å². The van der Waals surface area contributed by atoms with Crippen LogP contribution >= 0.6 is 0 Å². The van der Waals surface area contributed by atoms with E-state index in [4.69, 9.17) is 14.0 Å². The van der Waals surface area contributed by atoms with Gasteiger partial charge in [-0.25, -0.2) is 4.79 Å². The van der Waals surface area contributed by atoms with Crippen molar-refractivity contribution in [3.8, 4) is 17.1 Å². The maximum Gasteiger partial charge on any atom is 0.410 e. The van der Waals surface area contributed by atoms with Crippen molar-refractivity contribution in [2.24, 2.45) is 5.41 Å². The van der Waals surface area contributed by atoms with E-state index in [-0.39, 0.29) is 31.0 Å². The van der Waals surface area contributed by atoms with Crippen LogP contribution in [0.2, 0.25) is 0 Å². The summed E-state index contributed by atoms with van der Waals surface area (Å²) in [4.78, 5) is 37.2. The van der Waals surface area contributed by atoms with Gasteiger partial charge in [0.2, 0.25) is 17.6 Å². The lowest BCUT2D eigenvalue weighted by Gasteiger charge is -2.56. The molecule has 0 spiro atoms. The molecule has 2 aliphatic rings. The van der Waals surface area contributed by atoms with E-state index in [0.29, 0.717) is 47.2 Å². The Morgan fingerprint density at radius 1 is 1.05 bits per heavy atom. The molecule has 2 amide bonds. The molecular formula is C33H43N5O6. The lowest BCUT2D eigenvalue weighted by Crippen LogP contribution is -2.66. The van der Waals surface area contributed by atoms with E-state index in [2.05, 4.69) is 15.1 Å². The van der Waals surface area contributed by atoms with Gasteiger partial charge in [-0.2, -0.15) is 4.98 Å². The zero-order chi connectivity index (χ0) is 31.9. The van der Waals surface area contributed by atoms with E-state index in [1.54, 1.807) is 24.2 Å². The van der Waals surface area contributed by atoms with E-state index in [0.717, 1.165) is 12.8 Å². The number of nitrogens with zero attached hydrogens (tertiary/aromatic N) is 5. The summed E-state index contributed by atoms with van der Waals surface area (Å²) >= 11 is 0. The Hall–Kier alpha value is -3.99. The molecule has 1 atom stereocenters. The number of piperidine rings is 1. The number of aliphatic hydroxyl groups is 1. The van der Waals surface area contributed by atoms with Crippen LogP contribution in [0.5, 0.6) is 5.75 Å². The molecule has 2 aliphatic heterocycles. The second-order valence-electron chi connectivity index (χ2n) is 13.5. The minimum Gasteiger partial charge on any atom is -0.491 e. The minimum atomic E-state index is -1.53. The summed E-state index contributed by atoms with van der Waals surface area (Å²) in [5.41, 5.74) is -1.14. The smallest absolute Gasteiger partial charge is 0.410 e. The van der Waals surface area contributed by atoms with Gasteiger partial charge in [0.1, 0.15) is 17.0 Å². The van der Waals surface area contributed by atoms with Crippen LogP contribution in [0.1, 0.15) is 84.2 Å². The molecule has 4 heterocycles. The molecule has 11 nitrogen and oxygen atoms in total. The first-order valence-corrected chi connectivity index (χ1v) is 15.2. The van der Waals surface area contributed by atoms with Crippen molar-refractivity contribution >= 4 is 12.0 Å². The fourth-order valence-corrected chi connectivity index (χ4v) is 6.11. The summed E-state index contributed by atoms with van der Waals surface area (Å²) in [6, 6.07) is 9.22. The highest BCUT2D eigenvalue weighted by Gasteiger charge is 2.58. The number of carbonyl (C=O) groups excluding carboxylic acids is 2. The first-order valence-electron chi connectivity index (χ1n) is 15.2. The van der Waals surface area contributed by atoms with Crippen LogP contribution < -0.4 is 4.74 Å². The predicted molar refractivity (Wildman–Crippen MR) is 163 cm³/mol. The maximum atomic E-state index is 12.8. The van der Waals surface area contributed by atoms with Gasteiger partial charge in [0.05, 0.1) is 6.10 Å². The largest absolute Gasteiger partial charge is 0.491 e. The van der Waals surface area contributed by atoms with E-state index in [9.17, 15) is 14.7 Å². The lowest BCUT2D eigenvalue weighted by atomic mass is 9.62. The van der Waals surface area contributed by atoms with Gasteiger partial charge in [0.25, 0.3) is 0 Å². The van der Waals surface area contributed by atoms with Gasteiger partial charge < -0.3 is 28.9 Å². The van der Waals surface area contributed by atoms with Crippen molar-refractivity contribution in [2.45, 2.75) is 84.5 Å². The fraction of sp³-hybridized carbons (Fsp3) is 0.545. The van der Waals surface area contributed by atoms with Crippen molar-refractivity contribution in [3.63, 3.8) is 0 Å². The Bertz CT molecular complexity index is 1480. The molecule has 3 aromatic rings. The van der Waals surface area contributed by atoms with Crippen LogP contribution in [0.15, 0.2) is 47.2 Å². The number of amides is 2. The molecule has 5 rings (SSSR count). The average Bonchev–Trinajstić information content (AvgIpc) is 3.45. The normalized spacial score (nSPS) is 18.5. The lowest BCUT2D eigenvalue weighted by molar-refractivity contribution is -0.131. The SMILES string of the molecule is CC(=O)N1CCC(c2nc(-c3cncc(C(O)(c4ccc(OC(C)C)cc4)C4(C)CN(C(=O)OC(C)(C)C)C4)c3)no2)CC1. The monoisotopic (exact) mass is 605 g/mol. The van der Waals surface area contributed by atoms with Crippen molar-refractivity contribution in [1.82, 2.24) is 24.9 Å². The summed E-state index contributed by atoms with van der Waals surface area (Å²) in [6.07, 6.45) is 4.38. The topological polar surface area (TPSA) is 131 Å². The molecular weight excluding hydrogens is 562 g/mol. The van der Waals surface area contributed by atoms with Crippen LogP contribution in [-0.4, -0.2) is 79.9 Å². The first kappa shape index (κ1) is 31.4. The number of pyridine rings is 1. The third-order valence-corrected chi connectivity index (χ3v) is 8.39. The third-order valence-electron chi connectivity index (χ3n) is 8.39. The Labute approximate surface area is 258 Å². The maximum absolute atomic E-state index is 12.8. The molecule has 1 N–H and O–H groups in total. The highest BCUT2D eigenvalue weighted by Crippen LogP contribution is 2.51. The highest BCUT2D eigenvalue weighted by molar-refractivity contribution is 5.73. The molecule has 0 aliphatic carbocycles. The van der Waals surface area contributed by atoms with Crippen LogP contribution in [0.3, 0.4) is 0 Å². The Balaban J connectivity index is 1.45. The summed E-state index contributed by atoms with van der Waals surface area (Å²) in [7, 11) is 0. The Morgan fingerprint density at radius 3 is 2.30 bits per heavy atom. The summed E-state index contributed by atoms with van der Waals surface area (Å²) in [5, 5.41) is 17.0. The van der Waals surface area contributed by atoms with Gasteiger partial charge in [0.15, 0.2) is 0 Å². The van der Waals surface area contributed by atoms with Crippen molar-refractivity contribution in [2.75, 3.05) is 26.2 Å². The molecule has 1 unspecified atom stereocenters. The number of benzene rings is 1. The molecule has 2 fully saturated rings. The van der Waals surface area contributed by atoms with Crippen LogP contribution in [0, 0.1) is 5.41 Å². The zero-order valence-corrected chi connectivity index (χ0v) is 26.7. The number of rotatable bonds is 7. The molecule has 2 aromatic heterocycles. The number of likely N-dealkylation sites (tertiary alicyclic amines) is 2. The molecule has 236 valence electrons. The third kappa shape index (κ3) is 6.29. The number of hydrogen-bond donors (Lipinski definition) is 1. The highest BCUT2D eigenvalue weighted by atomic mass is 16.6. The molecule has 44 heavy (non-hydrogen) atoms. The van der Waals surface area contributed by atoms with Crippen LogP contribution in [-0.2, 0) is 15.1 Å². The molecule has 2 saturated heterocycles. The van der Waals surface area contributed by atoms with E-state index < -0.39 is 22.7 Å². The van der Waals surface area contributed by atoms with Gasteiger partial charge >= 0.3 is 6.09 Å². The average molecular weight is 606 g/mol. The summed E-state index contributed by atoms with van der Waals surface area (Å²) in [6.45, 7) is 14.8. The van der Waals surface area contributed by atoms with E-state index >= 15 is 0 Å². The first-order chi connectivity index (χ1) is 20.7. The number of hydrogen-bond acceptors (Lipinski definition) is 9. The Morgan fingerprint density at radius 2 is 1.70 bits per heavy atom. The molecule has 0 saturated carbocycles. The molecule has 0 radical (unpaired) electrons. The van der Waals surface area contributed by atoms with E-state index in [1.807, 2.05) is 76.8 Å². The van der Waals surface area contributed by atoms with Gasteiger partial charge in [0, 0.05) is 68.0 Å². The summed E-state index contributed by atoms with van der Waals surface area (Å²) < 4.78 is 17.1. The van der Waals surface area contributed by atoms with Crippen LogP contribution in [0.4, 0.5) is 4.79 Å². The van der Waals surface area contributed by atoms with Gasteiger partial charge in [-0.15, -0.1) is 0 Å². The standard InChI is InChI=1S/C33H43N5O6/c1-21(2)42-27-10-8-25(9-11-27)33(41,32(7)19-38(20-32)30(40)43-31(4,5)6)26-16-24(17-34-18-26)28-35-29(44-36-28)23-12-14-37(15-13-23)22(3)39/h8-11,16-18,21,23,41H,12-15,19-20H2,1-7H3. The zero-order valence-electron chi connectivity index (χ0n) is 26.7. The van der Waals surface area contributed by atoms with Crippen LogP contribution in [0.25, 0.3) is 11.4 Å². The van der Waals surface area contributed by atoms with Crippen molar-refractivity contribution in [3.05, 3.63) is 59.7 Å². The minimum absolute atomic E-state index is 0.00804. The molecule has 11 heteroatoms.